The van der Waals surface area contributed by atoms with Crippen LogP contribution in [0.2, 0.25) is 0 Å². The van der Waals surface area contributed by atoms with Gasteiger partial charge in [0.2, 0.25) is 5.95 Å². The zero-order chi connectivity index (χ0) is 19.5. The van der Waals surface area contributed by atoms with E-state index in [0.717, 1.165) is 33.5 Å². The molecule has 0 amide bonds. The second-order valence-electron chi connectivity index (χ2n) is 7.68. The molecule has 3 aromatic heterocycles. The van der Waals surface area contributed by atoms with E-state index in [1.54, 1.807) is 6.26 Å². The maximum absolute atomic E-state index is 13.4. The third-order valence-corrected chi connectivity index (χ3v) is 5.89. The molecule has 1 aliphatic carbocycles. The van der Waals surface area contributed by atoms with Gasteiger partial charge in [0, 0.05) is 46.3 Å². The number of ketones is 1. The lowest BCUT2D eigenvalue weighted by Gasteiger charge is -2.34. The molecule has 4 aromatic rings. The van der Waals surface area contributed by atoms with E-state index in [4.69, 9.17) is 4.42 Å². The molecule has 4 heterocycles. The average Bonchev–Trinajstić information content (AvgIpc) is 3.45. The Labute approximate surface area is 166 Å². The number of aromatic amines is 1. The van der Waals surface area contributed by atoms with Crippen LogP contribution in [0.25, 0.3) is 10.9 Å². The number of allylic oxidation sites excluding steroid dienone is 2. The molecule has 0 saturated heterocycles. The summed E-state index contributed by atoms with van der Waals surface area (Å²) in [4.78, 5) is 21.3. The van der Waals surface area contributed by atoms with E-state index in [1.165, 1.54) is 0 Å². The molecule has 7 nitrogen and oxygen atoms in total. The summed E-state index contributed by atoms with van der Waals surface area (Å²) in [5.41, 5.74) is 3.76. The summed E-state index contributed by atoms with van der Waals surface area (Å²) < 4.78 is 7.43. The van der Waals surface area contributed by atoms with Crippen LogP contribution in [0.4, 0.5) is 5.95 Å². The van der Waals surface area contributed by atoms with Crippen molar-refractivity contribution in [1.82, 2.24) is 19.7 Å². The average molecular weight is 385 g/mol. The van der Waals surface area contributed by atoms with Crippen LogP contribution in [0.5, 0.6) is 0 Å². The number of furan rings is 1. The van der Waals surface area contributed by atoms with Crippen LogP contribution < -0.4 is 5.32 Å². The summed E-state index contributed by atoms with van der Waals surface area (Å²) in [6.07, 6.45) is 4.78. The van der Waals surface area contributed by atoms with Crippen molar-refractivity contribution < 1.29 is 9.21 Å². The number of benzene rings is 1. The first kappa shape index (κ1) is 16.4. The SMILES string of the molecule is Cc1nc2n(n1)[C@H](c1c[nH]c3ccccc13)C1=C(C[C@@H](c3ccco3)CC1=O)N2. The molecule has 0 bridgehead atoms. The molecule has 2 N–H and O–H groups in total. The van der Waals surface area contributed by atoms with Crippen molar-refractivity contribution in [3.8, 4) is 0 Å². The number of hydrogen-bond acceptors (Lipinski definition) is 5. The Hall–Kier alpha value is -3.61. The highest BCUT2D eigenvalue weighted by molar-refractivity contribution is 6.01. The quantitative estimate of drug-likeness (QED) is 0.543. The number of para-hydroxylation sites is 1. The molecule has 2 atom stereocenters. The van der Waals surface area contributed by atoms with E-state index in [-0.39, 0.29) is 17.7 Å². The number of carbonyl (C=O) groups excluding carboxylic acids is 1. The highest BCUT2D eigenvalue weighted by atomic mass is 16.3. The molecule has 6 rings (SSSR count). The molecule has 0 spiro atoms. The Bertz CT molecular complexity index is 1280. The number of hydrogen-bond donors (Lipinski definition) is 2. The fourth-order valence-corrected chi connectivity index (χ4v) is 4.65. The number of carbonyl (C=O) groups is 1. The number of aromatic nitrogens is 4. The van der Waals surface area contributed by atoms with Gasteiger partial charge in [0.05, 0.1) is 6.26 Å². The van der Waals surface area contributed by atoms with E-state index in [0.29, 0.717) is 24.6 Å². The second-order valence-corrected chi connectivity index (χ2v) is 7.68. The number of fused-ring (bicyclic) bond motifs is 2. The van der Waals surface area contributed by atoms with Crippen LogP contribution in [-0.2, 0) is 4.79 Å². The molecular formula is C22H19N5O2. The van der Waals surface area contributed by atoms with Gasteiger partial charge in [0.25, 0.3) is 0 Å². The Morgan fingerprint density at radius 1 is 1.17 bits per heavy atom. The number of aryl methyl sites for hydroxylation is 1. The minimum Gasteiger partial charge on any atom is -0.469 e. The van der Waals surface area contributed by atoms with Crippen LogP contribution >= 0.6 is 0 Å². The largest absolute Gasteiger partial charge is 0.469 e. The van der Waals surface area contributed by atoms with Gasteiger partial charge in [-0.3, -0.25) is 4.79 Å². The Kier molecular flexibility index (Phi) is 3.35. The number of anilines is 1. The first-order valence-corrected chi connectivity index (χ1v) is 9.75. The van der Waals surface area contributed by atoms with E-state index >= 15 is 0 Å². The monoisotopic (exact) mass is 385 g/mol. The van der Waals surface area contributed by atoms with Crippen LogP contribution in [0.15, 0.2) is 64.5 Å². The third kappa shape index (κ3) is 2.40. The van der Waals surface area contributed by atoms with Crippen molar-refractivity contribution in [2.75, 3.05) is 5.32 Å². The fraction of sp³-hybridized carbons (Fsp3) is 0.227. The molecular weight excluding hydrogens is 366 g/mol. The van der Waals surface area contributed by atoms with Crippen molar-refractivity contribution in [3.63, 3.8) is 0 Å². The number of nitrogens with one attached hydrogen (secondary N) is 2. The highest BCUT2D eigenvalue weighted by Gasteiger charge is 2.40. The van der Waals surface area contributed by atoms with Gasteiger partial charge in [-0.1, -0.05) is 18.2 Å². The summed E-state index contributed by atoms with van der Waals surface area (Å²) in [7, 11) is 0. The first-order valence-electron chi connectivity index (χ1n) is 9.75. The first-order chi connectivity index (χ1) is 14.2. The van der Waals surface area contributed by atoms with Gasteiger partial charge in [-0.15, -0.1) is 0 Å². The predicted octanol–water partition coefficient (Wildman–Crippen LogP) is 4.08. The molecule has 0 fully saturated rings. The smallest absolute Gasteiger partial charge is 0.226 e. The molecule has 1 aliphatic heterocycles. The van der Waals surface area contributed by atoms with Crippen molar-refractivity contribution in [3.05, 3.63) is 77.3 Å². The van der Waals surface area contributed by atoms with E-state index in [1.807, 2.05) is 48.1 Å². The lowest BCUT2D eigenvalue weighted by Crippen LogP contribution is -2.33. The third-order valence-electron chi connectivity index (χ3n) is 5.89. The molecule has 7 heteroatoms. The summed E-state index contributed by atoms with van der Waals surface area (Å²) in [6.45, 7) is 1.87. The molecule has 0 unspecified atom stereocenters. The highest BCUT2D eigenvalue weighted by Crippen LogP contribution is 2.45. The van der Waals surface area contributed by atoms with E-state index < -0.39 is 0 Å². The molecule has 0 radical (unpaired) electrons. The zero-order valence-corrected chi connectivity index (χ0v) is 15.8. The van der Waals surface area contributed by atoms with Gasteiger partial charge in [-0.05, 0) is 31.5 Å². The van der Waals surface area contributed by atoms with Gasteiger partial charge in [-0.25, -0.2) is 4.68 Å². The van der Waals surface area contributed by atoms with Gasteiger partial charge < -0.3 is 14.7 Å². The summed E-state index contributed by atoms with van der Waals surface area (Å²) >= 11 is 0. The minimum atomic E-state index is -0.302. The molecule has 2 aliphatic rings. The van der Waals surface area contributed by atoms with Crippen molar-refractivity contribution in [1.29, 1.82) is 0 Å². The Balaban J connectivity index is 1.54. The van der Waals surface area contributed by atoms with Crippen LogP contribution in [-0.4, -0.2) is 25.5 Å². The fourth-order valence-electron chi connectivity index (χ4n) is 4.65. The van der Waals surface area contributed by atoms with Crippen LogP contribution in [0, 0.1) is 6.92 Å². The molecule has 144 valence electrons. The summed E-state index contributed by atoms with van der Waals surface area (Å²) in [5.74, 6) is 2.34. The van der Waals surface area contributed by atoms with E-state index in [9.17, 15) is 4.79 Å². The van der Waals surface area contributed by atoms with Gasteiger partial charge in [0.1, 0.15) is 17.6 Å². The van der Waals surface area contributed by atoms with Crippen LogP contribution in [0.3, 0.4) is 0 Å². The normalized spacial score (nSPS) is 21.2. The van der Waals surface area contributed by atoms with Gasteiger partial charge in [-0.2, -0.15) is 10.1 Å². The van der Waals surface area contributed by atoms with Crippen molar-refractivity contribution >= 4 is 22.6 Å². The lowest BCUT2D eigenvalue weighted by atomic mass is 9.79. The topological polar surface area (TPSA) is 88.7 Å². The second kappa shape index (κ2) is 5.94. The van der Waals surface area contributed by atoms with Crippen molar-refractivity contribution in [2.45, 2.75) is 31.7 Å². The van der Waals surface area contributed by atoms with E-state index in [2.05, 4.69) is 26.4 Å². The summed E-state index contributed by atoms with van der Waals surface area (Å²) in [6, 6.07) is 11.6. The minimum absolute atomic E-state index is 0.0305. The Morgan fingerprint density at radius 3 is 2.93 bits per heavy atom. The molecule has 0 saturated carbocycles. The maximum atomic E-state index is 13.4. The maximum Gasteiger partial charge on any atom is 0.226 e. The van der Waals surface area contributed by atoms with Crippen molar-refractivity contribution in [2.24, 2.45) is 0 Å². The van der Waals surface area contributed by atoms with Gasteiger partial charge >= 0.3 is 0 Å². The summed E-state index contributed by atoms with van der Waals surface area (Å²) in [5, 5.41) is 9.08. The standard InChI is InChI=1S/C22H19N5O2/c1-12-24-22-25-17-9-13(19-7-4-8-29-19)10-18(28)20(17)21(27(22)26-12)15-11-23-16-6-3-2-5-14(15)16/h2-8,11,13,21,23H,9-10H2,1H3,(H,24,25,26)/t13-,21-/m1/s1. The lowest BCUT2D eigenvalue weighted by molar-refractivity contribution is -0.116. The Morgan fingerprint density at radius 2 is 2.07 bits per heavy atom. The predicted molar refractivity (Wildman–Crippen MR) is 108 cm³/mol. The van der Waals surface area contributed by atoms with Crippen LogP contribution in [0.1, 0.15) is 41.9 Å². The number of Topliss-reactive ketones (excluding diaryl/α,β-unsaturated/α-hetero) is 1. The number of H-pyrrole nitrogens is 1. The number of rotatable bonds is 2. The molecule has 29 heavy (non-hydrogen) atoms. The zero-order valence-electron chi connectivity index (χ0n) is 15.8. The molecule has 1 aromatic carbocycles. The number of nitrogens with zero attached hydrogens (tertiary/aromatic N) is 3. The van der Waals surface area contributed by atoms with Gasteiger partial charge in [0.15, 0.2) is 5.78 Å².